The SMILES string of the molecule is C/C=C/C=C/C(=O)OCCl. The molecule has 0 heterocycles. The number of alkyl halides is 1. The Bertz CT molecular complexity index is 150. The predicted octanol–water partition coefficient (Wildman–Crippen LogP) is 1.86. The van der Waals surface area contributed by atoms with Crippen LogP contribution in [0.4, 0.5) is 0 Å². The van der Waals surface area contributed by atoms with Crippen molar-refractivity contribution in [3.05, 3.63) is 24.3 Å². The van der Waals surface area contributed by atoms with Crippen molar-refractivity contribution in [2.24, 2.45) is 0 Å². The number of halogens is 1. The van der Waals surface area contributed by atoms with Crippen molar-refractivity contribution in [2.45, 2.75) is 6.92 Å². The monoisotopic (exact) mass is 160 g/mol. The molecular formula is C7H9ClO2. The number of rotatable bonds is 3. The van der Waals surface area contributed by atoms with Crippen LogP contribution < -0.4 is 0 Å². The van der Waals surface area contributed by atoms with E-state index in [0.29, 0.717) is 0 Å². The molecule has 0 saturated heterocycles. The lowest BCUT2D eigenvalue weighted by Gasteiger charge is -1.90. The van der Waals surface area contributed by atoms with Gasteiger partial charge in [-0.25, -0.2) is 4.79 Å². The molecule has 0 saturated carbocycles. The van der Waals surface area contributed by atoms with Crippen LogP contribution >= 0.6 is 11.6 Å². The van der Waals surface area contributed by atoms with Gasteiger partial charge < -0.3 is 4.74 Å². The molecule has 0 aliphatic heterocycles. The Labute approximate surface area is 65.1 Å². The molecule has 0 fully saturated rings. The fourth-order valence-corrected chi connectivity index (χ4v) is 0.455. The van der Waals surface area contributed by atoms with Crippen LogP contribution in [-0.4, -0.2) is 12.0 Å². The average molecular weight is 161 g/mol. The Kier molecular flexibility index (Phi) is 5.88. The van der Waals surface area contributed by atoms with Gasteiger partial charge in [-0.05, 0) is 6.92 Å². The molecule has 0 aliphatic carbocycles. The molecule has 2 nitrogen and oxygen atoms in total. The standard InChI is InChI=1S/C7H9ClO2/c1-2-3-4-5-7(9)10-6-8/h2-5H,6H2,1H3/b3-2+,5-4+. The van der Waals surface area contributed by atoms with Crippen LogP contribution in [0.25, 0.3) is 0 Å². The van der Waals surface area contributed by atoms with Crippen molar-refractivity contribution in [3.8, 4) is 0 Å². The van der Waals surface area contributed by atoms with E-state index in [2.05, 4.69) is 4.74 Å². The molecule has 0 bridgehead atoms. The minimum absolute atomic E-state index is 0.0982. The molecule has 0 aromatic rings. The normalized spacial score (nSPS) is 11.0. The first-order valence-corrected chi connectivity index (χ1v) is 3.36. The summed E-state index contributed by atoms with van der Waals surface area (Å²) in [6.07, 6.45) is 6.44. The number of esters is 1. The Balaban J connectivity index is 3.56. The van der Waals surface area contributed by atoms with E-state index < -0.39 is 5.97 Å². The van der Waals surface area contributed by atoms with Crippen molar-refractivity contribution in [1.29, 1.82) is 0 Å². The van der Waals surface area contributed by atoms with Gasteiger partial charge in [0.15, 0.2) is 6.07 Å². The van der Waals surface area contributed by atoms with Crippen LogP contribution in [0.15, 0.2) is 24.3 Å². The summed E-state index contributed by atoms with van der Waals surface area (Å²) in [5, 5.41) is 0. The van der Waals surface area contributed by atoms with Crippen LogP contribution in [0.3, 0.4) is 0 Å². The van der Waals surface area contributed by atoms with Crippen LogP contribution in [0.5, 0.6) is 0 Å². The second-order valence-corrected chi connectivity index (χ2v) is 1.68. The summed E-state index contributed by atoms with van der Waals surface area (Å²) in [5.74, 6) is -0.423. The molecule has 3 heteroatoms. The van der Waals surface area contributed by atoms with Crippen LogP contribution in [-0.2, 0) is 9.53 Å². The van der Waals surface area contributed by atoms with Gasteiger partial charge in [0.2, 0.25) is 0 Å². The Morgan fingerprint density at radius 3 is 2.80 bits per heavy atom. The van der Waals surface area contributed by atoms with Crippen LogP contribution in [0.2, 0.25) is 0 Å². The lowest BCUT2D eigenvalue weighted by molar-refractivity contribution is -0.135. The number of carbonyl (C=O) groups excluding carboxylic acids is 1. The van der Waals surface area contributed by atoms with Gasteiger partial charge in [-0.15, -0.1) is 0 Å². The summed E-state index contributed by atoms with van der Waals surface area (Å²) in [4.78, 5) is 10.5. The van der Waals surface area contributed by atoms with E-state index >= 15 is 0 Å². The second-order valence-electron chi connectivity index (χ2n) is 1.46. The molecule has 0 N–H and O–H groups in total. The zero-order valence-corrected chi connectivity index (χ0v) is 6.47. The quantitative estimate of drug-likeness (QED) is 0.273. The smallest absolute Gasteiger partial charge is 0.331 e. The zero-order chi connectivity index (χ0) is 7.82. The molecule has 0 amide bonds. The fourth-order valence-electron chi connectivity index (χ4n) is 0.347. The zero-order valence-electron chi connectivity index (χ0n) is 5.71. The van der Waals surface area contributed by atoms with Gasteiger partial charge >= 0.3 is 5.97 Å². The summed E-state index contributed by atoms with van der Waals surface area (Å²) in [7, 11) is 0. The summed E-state index contributed by atoms with van der Waals surface area (Å²) in [5.41, 5.74) is 0. The third-order valence-corrected chi connectivity index (χ3v) is 0.842. The second kappa shape index (κ2) is 6.36. The summed E-state index contributed by atoms with van der Waals surface area (Å²) >= 11 is 5.11. The van der Waals surface area contributed by atoms with E-state index in [1.807, 2.05) is 13.0 Å². The third-order valence-electron chi connectivity index (χ3n) is 0.733. The van der Waals surface area contributed by atoms with E-state index in [9.17, 15) is 4.79 Å². The van der Waals surface area contributed by atoms with Gasteiger partial charge in [-0.3, -0.25) is 0 Å². The molecule has 0 spiro atoms. The van der Waals surface area contributed by atoms with Crippen molar-refractivity contribution in [1.82, 2.24) is 0 Å². The average Bonchev–Trinajstić information content (AvgIpc) is 1.89. The van der Waals surface area contributed by atoms with E-state index in [1.54, 1.807) is 12.2 Å². The van der Waals surface area contributed by atoms with E-state index in [4.69, 9.17) is 11.6 Å². The number of hydrogen-bond acceptors (Lipinski definition) is 2. The predicted molar refractivity (Wildman–Crippen MR) is 40.8 cm³/mol. The molecule has 0 aromatic heterocycles. The van der Waals surface area contributed by atoms with Gasteiger partial charge in [0.1, 0.15) is 0 Å². The van der Waals surface area contributed by atoms with Crippen LogP contribution in [0, 0.1) is 0 Å². The number of carbonyl (C=O) groups is 1. The minimum atomic E-state index is -0.423. The first-order chi connectivity index (χ1) is 4.81. The van der Waals surface area contributed by atoms with E-state index in [-0.39, 0.29) is 6.07 Å². The molecule has 0 aliphatic rings. The minimum Gasteiger partial charge on any atom is -0.446 e. The summed E-state index contributed by atoms with van der Waals surface area (Å²) < 4.78 is 4.39. The van der Waals surface area contributed by atoms with Crippen molar-refractivity contribution in [2.75, 3.05) is 6.07 Å². The first-order valence-electron chi connectivity index (χ1n) is 2.83. The fraction of sp³-hybridized carbons (Fsp3) is 0.286. The highest BCUT2D eigenvalue weighted by atomic mass is 35.5. The first kappa shape index (κ1) is 9.24. The molecule has 0 radical (unpaired) electrons. The topological polar surface area (TPSA) is 26.3 Å². The molecule has 10 heavy (non-hydrogen) atoms. The van der Waals surface area contributed by atoms with Gasteiger partial charge in [0.25, 0.3) is 0 Å². The molecule has 0 atom stereocenters. The number of allylic oxidation sites excluding steroid dienone is 3. The maximum atomic E-state index is 10.5. The highest BCUT2D eigenvalue weighted by molar-refractivity contribution is 6.17. The third kappa shape index (κ3) is 5.38. The van der Waals surface area contributed by atoms with Crippen molar-refractivity contribution < 1.29 is 9.53 Å². The van der Waals surface area contributed by atoms with E-state index in [1.165, 1.54) is 6.08 Å². The highest BCUT2D eigenvalue weighted by Crippen LogP contribution is 1.84. The Morgan fingerprint density at radius 2 is 2.30 bits per heavy atom. The molecular weight excluding hydrogens is 152 g/mol. The summed E-state index contributed by atoms with van der Waals surface area (Å²) in [6.45, 7) is 1.86. The van der Waals surface area contributed by atoms with E-state index in [0.717, 1.165) is 0 Å². The van der Waals surface area contributed by atoms with Crippen molar-refractivity contribution in [3.63, 3.8) is 0 Å². The number of ether oxygens (including phenoxy) is 1. The Hall–Kier alpha value is -0.760. The largest absolute Gasteiger partial charge is 0.446 e. The molecule has 0 unspecified atom stereocenters. The Morgan fingerprint density at radius 1 is 1.60 bits per heavy atom. The molecule has 0 aromatic carbocycles. The lowest BCUT2D eigenvalue weighted by atomic mass is 10.4. The van der Waals surface area contributed by atoms with Gasteiger partial charge in [0.05, 0.1) is 0 Å². The molecule has 56 valence electrons. The van der Waals surface area contributed by atoms with Gasteiger partial charge in [-0.1, -0.05) is 29.8 Å². The van der Waals surface area contributed by atoms with Gasteiger partial charge in [0, 0.05) is 6.08 Å². The maximum Gasteiger partial charge on any atom is 0.331 e. The van der Waals surface area contributed by atoms with Gasteiger partial charge in [-0.2, -0.15) is 0 Å². The highest BCUT2D eigenvalue weighted by Gasteiger charge is 1.90. The summed E-state index contributed by atoms with van der Waals surface area (Å²) in [6, 6.07) is -0.0982. The van der Waals surface area contributed by atoms with Crippen LogP contribution in [0.1, 0.15) is 6.92 Å². The maximum absolute atomic E-state index is 10.5. The van der Waals surface area contributed by atoms with Crippen molar-refractivity contribution >= 4 is 17.6 Å². The number of hydrogen-bond donors (Lipinski definition) is 0. The molecule has 0 rings (SSSR count). The lowest BCUT2D eigenvalue weighted by Crippen LogP contribution is -1.96.